The number of rotatable bonds is 5. The van der Waals surface area contributed by atoms with Crippen LogP contribution in [0.3, 0.4) is 0 Å². The van der Waals surface area contributed by atoms with Crippen LogP contribution in [0.4, 0.5) is 0 Å². The van der Waals surface area contributed by atoms with Gasteiger partial charge in [0, 0.05) is 6.07 Å². The average molecular weight is 251 g/mol. The molecule has 1 aliphatic heterocycles. The molecular weight excluding hydrogens is 230 g/mol. The molecule has 1 aromatic rings. The number of hydrogen-bond donors (Lipinski definition) is 1. The topological polar surface area (TPSA) is 39.7 Å². The van der Waals surface area contributed by atoms with Crippen LogP contribution >= 0.6 is 0 Å². The zero-order valence-electron chi connectivity index (χ0n) is 11.3. The van der Waals surface area contributed by atoms with Crippen molar-refractivity contribution in [1.82, 2.24) is 5.32 Å². The molecule has 0 bridgehead atoms. The molecule has 0 radical (unpaired) electrons. The summed E-state index contributed by atoms with van der Waals surface area (Å²) in [7, 11) is 4.99. The molecule has 1 aromatic carbocycles. The fraction of sp³-hybridized carbons (Fsp3) is 0.571. The second-order valence-electron chi connectivity index (χ2n) is 4.58. The first-order valence-corrected chi connectivity index (χ1v) is 6.28. The van der Waals surface area contributed by atoms with Crippen molar-refractivity contribution < 1.29 is 14.2 Å². The van der Waals surface area contributed by atoms with Crippen LogP contribution in [-0.4, -0.2) is 34.4 Å². The smallest absolute Gasteiger partial charge is 0.164 e. The van der Waals surface area contributed by atoms with Crippen LogP contribution in [0.1, 0.15) is 12.0 Å². The van der Waals surface area contributed by atoms with Crippen molar-refractivity contribution in [2.45, 2.75) is 12.8 Å². The maximum atomic E-state index is 5.44. The third-order valence-electron chi connectivity index (χ3n) is 3.46. The van der Waals surface area contributed by atoms with Gasteiger partial charge in [0.25, 0.3) is 0 Å². The van der Waals surface area contributed by atoms with Gasteiger partial charge < -0.3 is 19.5 Å². The van der Waals surface area contributed by atoms with E-state index in [-0.39, 0.29) is 0 Å². The quantitative estimate of drug-likeness (QED) is 0.867. The summed E-state index contributed by atoms with van der Waals surface area (Å²) < 4.78 is 16.1. The van der Waals surface area contributed by atoms with Gasteiger partial charge in [0.1, 0.15) is 5.75 Å². The standard InChI is InChI=1S/C14H21NO3/c1-16-12-8-14(18-3)13(17-2)7-11(12)6-10-4-5-15-9-10/h7-8,10,15H,4-6,9H2,1-3H3. The monoisotopic (exact) mass is 251 g/mol. The molecule has 0 aromatic heterocycles. The van der Waals surface area contributed by atoms with Gasteiger partial charge >= 0.3 is 0 Å². The Morgan fingerprint density at radius 1 is 1.06 bits per heavy atom. The number of hydrogen-bond acceptors (Lipinski definition) is 4. The first kappa shape index (κ1) is 13.0. The van der Waals surface area contributed by atoms with Gasteiger partial charge in [0.05, 0.1) is 21.3 Å². The molecule has 0 aliphatic carbocycles. The predicted molar refractivity (Wildman–Crippen MR) is 70.8 cm³/mol. The van der Waals surface area contributed by atoms with Crippen molar-refractivity contribution in [1.29, 1.82) is 0 Å². The van der Waals surface area contributed by atoms with Crippen molar-refractivity contribution >= 4 is 0 Å². The fourth-order valence-corrected chi connectivity index (χ4v) is 2.45. The molecule has 0 spiro atoms. The average Bonchev–Trinajstić information content (AvgIpc) is 2.91. The molecule has 0 amide bonds. The molecule has 1 saturated heterocycles. The van der Waals surface area contributed by atoms with Crippen molar-refractivity contribution in [3.63, 3.8) is 0 Å². The zero-order chi connectivity index (χ0) is 13.0. The van der Waals surface area contributed by atoms with Gasteiger partial charge in [-0.1, -0.05) is 0 Å². The molecule has 4 nitrogen and oxygen atoms in total. The van der Waals surface area contributed by atoms with Gasteiger partial charge in [0.2, 0.25) is 0 Å². The van der Waals surface area contributed by atoms with Crippen LogP contribution in [-0.2, 0) is 6.42 Å². The predicted octanol–water partition coefficient (Wildman–Crippen LogP) is 1.86. The lowest BCUT2D eigenvalue weighted by molar-refractivity contribution is 0.346. The van der Waals surface area contributed by atoms with Crippen LogP contribution in [0.25, 0.3) is 0 Å². The first-order valence-electron chi connectivity index (χ1n) is 6.28. The van der Waals surface area contributed by atoms with Crippen LogP contribution in [0.15, 0.2) is 12.1 Å². The van der Waals surface area contributed by atoms with Crippen LogP contribution in [0, 0.1) is 5.92 Å². The number of ether oxygens (including phenoxy) is 3. The Hall–Kier alpha value is -1.42. The Kier molecular flexibility index (Phi) is 4.31. The third-order valence-corrected chi connectivity index (χ3v) is 3.46. The van der Waals surface area contributed by atoms with Crippen LogP contribution in [0.5, 0.6) is 17.2 Å². The van der Waals surface area contributed by atoms with Crippen LogP contribution < -0.4 is 19.5 Å². The van der Waals surface area contributed by atoms with E-state index in [0.717, 1.165) is 31.0 Å². The molecule has 18 heavy (non-hydrogen) atoms. The number of benzene rings is 1. The van der Waals surface area contributed by atoms with E-state index >= 15 is 0 Å². The van der Waals surface area contributed by atoms with Crippen molar-refractivity contribution in [2.75, 3.05) is 34.4 Å². The second-order valence-corrected chi connectivity index (χ2v) is 4.58. The molecule has 0 saturated carbocycles. The van der Waals surface area contributed by atoms with E-state index < -0.39 is 0 Å². The summed E-state index contributed by atoms with van der Waals surface area (Å²) in [5, 5.41) is 3.38. The Balaban J connectivity index is 2.26. The summed E-state index contributed by atoms with van der Waals surface area (Å²) >= 11 is 0. The highest BCUT2D eigenvalue weighted by Gasteiger charge is 2.19. The van der Waals surface area contributed by atoms with E-state index in [9.17, 15) is 0 Å². The van der Waals surface area contributed by atoms with Gasteiger partial charge in [-0.25, -0.2) is 0 Å². The van der Waals surface area contributed by atoms with Gasteiger partial charge in [-0.15, -0.1) is 0 Å². The lowest BCUT2D eigenvalue weighted by Crippen LogP contribution is -2.11. The summed E-state index contributed by atoms with van der Waals surface area (Å²) in [6.45, 7) is 2.19. The summed E-state index contributed by atoms with van der Waals surface area (Å²) in [6, 6.07) is 3.92. The maximum Gasteiger partial charge on any atom is 0.164 e. The molecule has 1 N–H and O–H groups in total. The highest BCUT2D eigenvalue weighted by molar-refractivity contribution is 5.50. The minimum Gasteiger partial charge on any atom is -0.496 e. The minimum atomic E-state index is 0.678. The molecule has 1 atom stereocenters. The first-order chi connectivity index (χ1) is 8.78. The molecular formula is C14H21NO3. The Labute approximate surface area is 108 Å². The lowest BCUT2D eigenvalue weighted by atomic mass is 9.97. The zero-order valence-corrected chi connectivity index (χ0v) is 11.3. The molecule has 4 heteroatoms. The molecule has 1 unspecified atom stereocenters. The third kappa shape index (κ3) is 2.70. The Morgan fingerprint density at radius 2 is 1.72 bits per heavy atom. The van der Waals surface area contributed by atoms with Gasteiger partial charge in [0.15, 0.2) is 11.5 Å². The second kappa shape index (κ2) is 5.96. The maximum absolute atomic E-state index is 5.44. The van der Waals surface area contributed by atoms with Crippen molar-refractivity contribution in [2.24, 2.45) is 5.92 Å². The number of nitrogens with one attached hydrogen (secondary N) is 1. The Bertz CT molecular complexity index is 400. The van der Waals surface area contributed by atoms with Crippen molar-refractivity contribution in [3.8, 4) is 17.2 Å². The minimum absolute atomic E-state index is 0.678. The van der Waals surface area contributed by atoms with E-state index in [1.54, 1.807) is 21.3 Å². The molecule has 1 heterocycles. The van der Waals surface area contributed by atoms with Gasteiger partial charge in [-0.3, -0.25) is 0 Å². The lowest BCUT2D eigenvalue weighted by Gasteiger charge is -2.16. The molecule has 100 valence electrons. The summed E-state index contributed by atoms with van der Waals surface area (Å²) in [4.78, 5) is 0. The summed E-state index contributed by atoms with van der Waals surface area (Å²) in [6.07, 6.45) is 2.23. The fourth-order valence-electron chi connectivity index (χ4n) is 2.45. The van der Waals surface area contributed by atoms with Crippen LogP contribution in [0.2, 0.25) is 0 Å². The number of methoxy groups -OCH3 is 3. The highest BCUT2D eigenvalue weighted by Crippen LogP contribution is 2.36. The van der Waals surface area contributed by atoms with E-state index in [2.05, 4.69) is 5.32 Å². The SMILES string of the molecule is COc1cc(OC)c(OC)cc1CC1CCNC1. The normalized spacial score (nSPS) is 18.7. The molecule has 1 aliphatic rings. The highest BCUT2D eigenvalue weighted by atomic mass is 16.5. The van der Waals surface area contributed by atoms with E-state index in [0.29, 0.717) is 11.7 Å². The molecule has 1 fully saturated rings. The Morgan fingerprint density at radius 3 is 2.28 bits per heavy atom. The largest absolute Gasteiger partial charge is 0.496 e. The van der Waals surface area contributed by atoms with E-state index in [1.807, 2.05) is 12.1 Å². The van der Waals surface area contributed by atoms with Gasteiger partial charge in [-0.2, -0.15) is 0 Å². The van der Waals surface area contributed by atoms with E-state index in [4.69, 9.17) is 14.2 Å². The van der Waals surface area contributed by atoms with Gasteiger partial charge in [-0.05, 0) is 43.5 Å². The van der Waals surface area contributed by atoms with Crippen molar-refractivity contribution in [3.05, 3.63) is 17.7 Å². The molecule has 2 rings (SSSR count). The van der Waals surface area contributed by atoms with E-state index in [1.165, 1.54) is 12.0 Å². The summed E-state index contributed by atoms with van der Waals surface area (Å²) in [5.74, 6) is 3.03. The summed E-state index contributed by atoms with van der Waals surface area (Å²) in [5.41, 5.74) is 1.18.